The van der Waals surface area contributed by atoms with Gasteiger partial charge in [-0.05, 0) is 66.7 Å². The minimum absolute atomic E-state index is 0.0558. The van der Waals surface area contributed by atoms with Crippen LogP contribution in [0.4, 0.5) is 4.39 Å². The van der Waals surface area contributed by atoms with E-state index >= 15 is 0 Å². The molecule has 21 heavy (non-hydrogen) atoms. The van der Waals surface area contributed by atoms with Crippen molar-refractivity contribution in [1.29, 1.82) is 0 Å². The van der Waals surface area contributed by atoms with Crippen molar-refractivity contribution in [3.05, 3.63) is 34.1 Å². The molecule has 2 aliphatic rings. The lowest BCUT2D eigenvalue weighted by atomic mass is 9.93. The van der Waals surface area contributed by atoms with Gasteiger partial charge in [0.2, 0.25) is 0 Å². The Labute approximate surface area is 133 Å². The van der Waals surface area contributed by atoms with Crippen LogP contribution in [0.2, 0.25) is 0 Å². The van der Waals surface area contributed by atoms with Gasteiger partial charge in [-0.2, -0.15) is 0 Å². The molecule has 0 aromatic heterocycles. The molecule has 0 spiro atoms. The summed E-state index contributed by atoms with van der Waals surface area (Å²) in [6, 6.07) is 5.29. The van der Waals surface area contributed by atoms with Crippen LogP contribution >= 0.6 is 15.9 Å². The van der Waals surface area contributed by atoms with E-state index in [1.807, 2.05) is 4.90 Å². The number of piperidine rings is 1. The first-order valence-corrected chi connectivity index (χ1v) is 8.46. The van der Waals surface area contributed by atoms with E-state index in [1.54, 1.807) is 12.1 Å². The van der Waals surface area contributed by atoms with Crippen molar-refractivity contribution in [3.63, 3.8) is 0 Å². The summed E-state index contributed by atoms with van der Waals surface area (Å²) < 4.78 is 14.0. The van der Waals surface area contributed by atoms with E-state index in [9.17, 15) is 9.18 Å². The Kier molecular flexibility index (Phi) is 4.60. The minimum Gasteiger partial charge on any atom is -0.334 e. The van der Waals surface area contributed by atoms with Crippen LogP contribution in [0.1, 0.15) is 42.5 Å². The molecule has 0 aliphatic carbocycles. The normalized spacial score (nSPS) is 26.1. The minimum atomic E-state index is -0.381. The van der Waals surface area contributed by atoms with E-state index in [0.29, 0.717) is 11.6 Å². The van der Waals surface area contributed by atoms with E-state index in [1.165, 1.54) is 12.5 Å². The van der Waals surface area contributed by atoms with E-state index in [-0.39, 0.29) is 22.2 Å². The average molecular weight is 355 g/mol. The number of nitrogens with one attached hydrogen (secondary N) is 1. The number of likely N-dealkylation sites (tertiary alicyclic amines) is 1. The molecule has 3 nitrogen and oxygen atoms in total. The fourth-order valence-corrected chi connectivity index (χ4v) is 3.93. The maximum Gasteiger partial charge on any atom is 0.255 e. The largest absolute Gasteiger partial charge is 0.334 e. The third kappa shape index (κ3) is 2.99. The molecular weight excluding hydrogens is 335 g/mol. The summed E-state index contributed by atoms with van der Waals surface area (Å²) in [5.41, 5.74) is 0.430. The number of halogens is 2. The molecule has 1 N–H and O–H groups in total. The fourth-order valence-electron chi connectivity index (χ4n) is 3.49. The van der Waals surface area contributed by atoms with Crippen molar-refractivity contribution in [2.45, 2.75) is 44.2 Å². The van der Waals surface area contributed by atoms with Crippen LogP contribution in [0.3, 0.4) is 0 Å². The van der Waals surface area contributed by atoms with Crippen molar-refractivity contribution in [3.8, 4) is 0 Å². The molecule has 2 heterocycles. The summed E-state index contributed by atoms with van der Waals surface area (Å²) >= 11 is 3.21. The zero-order chi connectivity index (χ0) is 14.8. The van der Waals surface area contributed by atoms with E-state index in [4.69, 9.17) is 0 Å². The SMILES string of the molecule is O=C(c1cccc(F)c1Br)N1CCCCC1C1CCCN1. The van der Waals surface area contributed by atoms with Gasteiger partial charge in [0, 0.05) is 18.6 Å². The molecule has 114 valence electrons. The van der Waals surface area contributed by atoms with Crippen LogP contribution in [0.5, 0.6) is 0 Å². The van der Waals surface area contributed by atoms with Gasteiger partial charge in [0.15, 0.2) is 0 Å². The lowest BCUT2D eigenvalue weighted by molar-refractivity contribution is 0.0562. The van der Waals surface area contributed by atoms with Crippen molar-refractivity contribution in [2.75, 3.05) is 13.1 Å². The third-order valence-corrected chi connectivity index (χ3v) is 5.36. The zero-order valence-corrected chi connectivity index (χ0v) is 13.5. The second kappa shape index (κ2) is 6.44. The number of benzene rings is 1. The molecule has 2 saturated heterocycles. The first kappa shape index (κ1) is 15.0. The van der Waals surface area contributed by atoms with E-state index < -0.39 is 0 Å². The van der Waals surface area contributed by atoms with Gasteiger partial charge in [-0.15, -0.1) is 0 Å². The van der Waals surface area contributed by atoms with Gasteiger partial charge in [0.05, 0.1) is 10.0 Å². The number of nitrogens with zero attached hydrogens (tertiary/aromatic N) is 1. The van der Waals surface area contributed by atoms with Crippen molar-refractivity contribution < 1.29 is 9.18 Å². The molecule has 0 saturated carbocycles. The van der Waals surface area contributed by atoms with Gasteiger partial charge in [-0.3, -0.25) is 4.79 Å². The molecule has 3 rings (SSSR count). The van der Waals surface area contributed by atoms with Crippen molar-refractivity contribution in [1.82, 2.24) is 10.2 Å². The second-order valence-electron chi connectivity index (χ2n) is 5.87. The maximum atomic E-state index is 13.7. The Morgan fingerprint density at radius 1 is 1.29 bits per heavy atom. The molecule has 1 amide bonds. The molecule has 1 aromatic rings. The molecular formula is C16H20BrFN2O. The van der Waals surface area contributed by atoms with Gasteiger partial charge in [0.1, 0.15) is 5.82 Å². The molecule has 2 aliphatic heterocycles. The molecule has 1 aromatic carbocycles. The zero-order valence-electron chi connectivity index (χ0n) is 11.9. The Hall–Kier alpha value is -0.940. The first-order chi connectivity index (χ1) is 10.2. The van der Waals surface area contributed by atoms with Crippen LogP contribution in [0, 0.1) is 5.82 Å². The predicted octanol–water partition coefficient (Wildman–Crippen LogP) is 3.33. The van der Waals surface area contributed by atoms with Crippen LogP contribution in [0.25, 0.3) is 0 Å². The highest BCUT2D eigenvalue weighted by molar-refractivity contribution is 9.10. The molecule has 0 radical (unpaired) electrons. The van der Waals surface area contributed by atoms with Crippen molar-refractivity contribution >= 4 is 21.8 Å². The summed E-state index contributed by atoms with van der Waals surface area (Å²) in [5, 5.41) is 3.51. The molecule has 2 unspecified atom stereocenters. The number of rotatable bonds is 2. The average Bonchev–Trinajstić information content (AvgIpc) is 3.03. The summed E-state index contributed by atoms with van der Waals surface area (Å²) in [5.74, 6) is -0.437. The molecule has 5 heteroatoms. The monoisotopic (exact) mass is 354 g/mol. The maximum absolute atomic E-state index is 13.7. The summed E-state index contributed by atoms with van der Waals surface area (Å²) in [6.07, 6.45) is 5.53. The number of carbonyl (C=O) groups excluding carboxylic acids is 1. The molecule has 2 fully saturated rings. The quantitative estimate of drug-likeness (QED) is 0.883. The van der Waals surface area contributed by atoms with E-state index in [0.717, 1.165) is 38.8 Å². The van der Waals surface area contributed by atoms with Crippen LogP contribution < -0.4 is 5.32 Å². The third-order valence-electron chi connectivity index (χ3n) is 4.55. The highest BCUT2D eigenvalue weighted by Crippen LogP contribution is 2.28. The summed E-state index contributed by atoms with van der Waals surface area (Å²) in [6.45, 7) is 1.80. The number of amides is 1. The number of hydrogen-bond acceptors (Lipinski definition) is 2. The van der Waals surface area contributed by atoms with Gasteiger partial charge in [-0.25, -0.2) is 4.39 Å². The lowest BCUT2D eigenvalue weighted by Crippen LogP contribution is -2.52. The number of carbonyl (C=O) groups is 1. The standard InChI is InChI=1S/C16H20BrFN2O/c17-15-11(5-3-6-12(15)18)16(21)20-10-2-1-8-14(20)13-7-4-9-19-13/h3,5-6,13-14,19H,1-2,4,7-10H2. The van der Waals surface area contributed by atoms with Crippen LogP contribution in [-0.2, 0) is 0 Å². The van der Waals surface area contributed by atoms with Gasteiger partial charge in [-0.1, -0.05) is 6.07 Å². The van der Waals surface area contributed by atoms with Gasteiger partial charge >= 0.3 is 0 Å². The lowest BCUT2D eigenvalue weighted by Gasteiger charge is -2.39. The Morgan fingerprint density at radius 3 is 2.90 bits per heavy atom. The first-order valence-electron chi connectivity index (χ1n) is 7.67. The highest BCUT2D eigenvalue weighted by atomic mass is 79.9. The van der Waals surface area contributed by atoms with Crippen LogP contribution in [-0.4, -0.2) is 36.0 Å². The second-order valence-corrected chi connectivity index (χ2v) is 6.66. The Balaban J connectivity index is 1.85. The predicted molar refractivity (Wildman–Crippen MR) is 83.8 cm³/mol. The van der Waals surface area contributed by atoms with E-state index in [2.05, 4.69) is 21.2 Å². The van der Waals surface area contributed by atoms with Crippen molar-refractivity contribution in [2.24, 2.45) is 0 Å². The highest BCUT2D eigenvalue weighted by Gasteiger charge is 2.35. The van der Waals surface area contributed by atoms with Crippen LogP contribution in [0.15, 0.2) is 22.7 Å². The fraction of sp³-hybridized carbons (Fsp3) is 0.562. The molecule has 0 bridgehead atoms. The summed E-state index contributed by atoms with van der Waals surface area (Å²) in [4.78, 5) is 14.8. The Morgan fingerprint density at radius 2 is 2.14 bits per heavy atom. The summed E-state index contributed by atoms with van der Waals surface area (Å²) in [7, 11) is 0. The Bertz CT molecular complexity index is 531. The topological polar surface area (TPSA) is 32.3 Å². The molecule has 2 atom stereocenters. The number of hydrogen-bond donors (Lipinski definition) is 1. The van der Waals surface area contributed by atoms with Gasteiger partial charge < -0.3 is 10.2 Å². The smallest absolute Gasteiger partial charge is 0.255 e. The van der Waals surface area contributed by atoms with Gasteiger partial charge in [0.25, 0.3) is 5.91 Å².